The molecular formula is C17H37NO. The van der Waals surface area contributed by atoms with Crippen molar-refractivity contribution in [2.75, 3.05) is 6.61 Å². The van der Waals surface area contributed by atoms with Gasteiger partial charge in [-0.3, -0.25) is 0 Å². The van der Waals surface area contributed by atoms with E-state index in [9.17, 15) is 0 Å². The van der Waals surface area contributed by atoms with E-state index in [1.807, 2.05) is 0 Å². The van der Waals surface area contributed by atoms with E-state index >= 15 is 0 Å². The van der Waals surface area contributed by atoms with Crippen molar-refractivity contribution < 1.29 is 4.74 Å². The zero-order chi connectivity index (χ0) is 14.3. The van der Waals surface area contributed by atoms with Crippen LogP contribution < -0.4 is 5.73 Å². The van der Waals surface area contributed by atoms with Crippen LogP contribution in [-0.2, 0) is 4.74 Å². The van der Waals surface area contributed by atoms with Crippen LogP contribution in [0.4, 0.5) is 0 Å². The summed E-state index contributed by atoms with van der Waals surface area (Å²) < 4.78 is 5.74. The number of hydrogen-bond donors (Lipinski definition) is 1. The predicted molar refractivity (Wildman–Crippen MR) is 85.5 cm³/mol. The number of unbranched alkanes of at least 4 members (excludes halogenated alkanes) is 7. The van der Waals surface area contributed by atoms with Crippen molar-refractivity contribution in [1.82, 2.24) is 0 Å². The first-order chi connectivity index (χ1) is 9.26. The number of nitrogens with two attached hydrogens (primary N) is 1. The van der Waals surface area contributed by atoms with Gasteiger partial charge in [0.1, 0.15) is 0 Å². The molecule has 0 aromatic carbocycles. The van der Waals surface area contributed by atoms with Gasteiger partial charge in [-0.2, -0.15) is 0 Å². The molecule has 2 N–H and O–H groups in total. The average Bonchev–Trinajstić information content (AvgIpc) is 2.41. The molecule has 116 valence electrons. The van der Waals surface area contributed by atoms with Crippen LogP contribution in [0.5, 0.6) is 0 Å². The molecule has 0 aliphatic rings. The molecule has 0 aromatic rings. The summed E-state index contributed by atoms with van der Waals surface area (Å²) in [6.45, 7) is 7.32. The van der Waals surface area contributed by atoms with E-state index in [4.69, 9.17) is 10.5 Å². The second-order valence-electron chi connectivity index (χ2n) is 5.71. The van der Waals surface area contributed by atoms with Gasteiger partial charge in [0.05, 0.1) is 6.10 Å². The zero-order valence-corrected chi connectivity index (χ0v) is 13.6. The van der Waals surface area contributed by atoms with Crippen molar-refractivity contribution in [3.63, 3.8) is 0 Å². The first-order valence-corrected chi connectivity index (χ1v) is 8.63. The molecule has 0 heterocycles. The van der Waals surface area contributed by atoms with E-state index in [1.54, 1.807) is 0 Å². The maximum Gasteiger partial charge on any atom is 0.0725 e. The Hall–Kier alpha value is -0.0800. The highest BCUT2D eigenvalue weighted by molar-refractivity contribution is 4.73. The predicted octanol–water partition coefficient (Wildman–Crippen LogP) is 5.05. The lowest BCUT2D eigenvalue weighted by Gasteiger charge is -2.23. The van der Waals surface area contributed by atoms with Gasteiger partial charge < -0.3 is 10.5 Å². The topological polar surface area (TPSA) is 35.2 Å². The SMILES string of the molecule is CCCCCCCCCCC(N)C(CCC)OCC. The molecule has 2 heteroatoms. The Morgan fingerprint density at radius 3 is 1.84 bits per heavy atom. The van der Waals surface area contributed by atoms with E-state index < -0.39 is 0 Å². The van der Waals surface area contributed by atoms with Crippen LogP contribution >= 0.6 is 0 Å². The summed E-state index contributed by atoms with van der Waals surface area (Å²) in [4.78, 5) is 0. The molecule has 0 amide bonds. The Labute approximate surface area is 121 Å². The molecule has 19 heavy (non-hydrogen) atoms. The second kappa shape index (κ2) is 14.3. The normalized spacial score (nSPS) is 14.5. The van der Waals surface area contributed by atoms with Gasteiger partial charge >= 0.3 is 0 Å². The molecule has 0 saturated heterocycles. The minimum absolute atomic E-state index is 0.236. The standard InChI is InChI=1S/C17H37NO/c1-4-7-8-9-10-11-12-13-15-16(18)17(14-5-2)19-6-3/h16-17H,4-15,18H2,1-3H3. The monoisotopic (exact) mass is 271 g/mol. The fraction of sp³-hybridized carbons (Fsp3) is 1.00. The molecule has 0 aliphatic carbocycles. The second-order valence-corrected chi connectivity index (χ2v) is 5.71. The number of ether oxygens (including phenoxy) is 1. The molecule has 0 fully saturated rings. The molecule has 0 bridgehead atoms. The first kappa shape index (κ1) is 18.9. The van der Waals surface area contributed by atoms with Crippen LogP contribution in [0.1, 0.15) is 91.4 Å². The summed E-state index contributed by atoms with van der Waals surface area (Å²) in [5.74, 6) is 0. The van der Waals surface area contributed by atoms with Crippen molar-refractivity contribution >= 4 is 0 Å². The first-order valence-electron chi connectivity index (χ1n) is 8.63. The highest BCUT2D eigenvalue weighted by atomic mass is 16.5. The van der Waals surface area contributed by atoms with Gasteiger partial charge in [-0.05, 0) is 19.8 Å². The highest BCUT2D eigenvalue weighted by Gasteiger charge is 2.16. The average molecular weight is 271 g/mol. The van der Waals surface area contributed by atoms with Crippen LogP contribution in [-0.4, -0.2) is 18.8 Å². The maximum absolute atomic E-state index is 6.25. The molecule has 2 unspecified atom stereocenters. The minimum atomic E-state index is 0.236. The van der Waals surface area contributed by atoms with Crippen LogP contribution in [0.25, 0.3) is 0 Å². The van der Waals surface area contributed by atoms with Crippen LogP contribution in [0.3, 0.4) is 0 Å². The molecule has 0 radical (unpaired) electrons. The molecular weight excluding hydrogens is 234 g/mol. The fourth-order valence-electron chi connectivity index (χ4n) is 2.62. The molecule has 2 nitrogen and oxygen atoms in total. The lowest BCUT2D eigenvalue weighted by atomic mass is 9.99. The molecule has 0 rings (SSSR count). The Morgan fingerprint density at radius 2 is 1.32 bits per heavy atom. The molecule has 0 aliphatic heterocycles. The van der Waals surface area contributed by atoms with Gasteiger partial charge in [-0.25, -0.2) is 0 Å². The molecule has 0 aromatic heterocycles. The van der Waals surface area contributed by atoms with E-state index in [0.29, 0.717) is 0 Å². The van der Waals surface area contributed by atoms with Crippen molar-refractivity contribution in [2.24, 2.45) is 5.73 Å². The summed E-state index contributed by atoms with van der Waals surface area (Å²) in [7, 11) is 0. The van der Waals surface area contributed by atoms with Gasteiger partial charge in [0.15, 0.2) is 0 Å². The molecule has 0 spiro atoms. The third-order valence-electron chi connectivity index (χ3n) is 3.82. The largest absolute Gasteiger partial charge is 0.377 e. The van der Waals surface area contributed by atoms with E-state index in [-0.39, 0.29) is 12.1 Å². The van der Waals surface area contributed by atoms with Crippen molar-refractivity contribution in [3.05, 3.63) is 0 Å². The van der Waals surface area contributed by atoms with Gasteiger partial charge in [0.2, 0.25) is 0 Å². The van der Waals surface area contributed by atoms with Crippen LogP contribution in [0.15, 0.2) is 0 Å². The number of rotatable bonds is 14. The van der Waals surface area contributed by atoms with E-state index in [2.05, 4.69) is 20.8 Å². The fourth-order valence-corrected chi connectivity index (χ4v) is 2.62. The van der Waals surface area contributed by atoms with Crippen molar-refractivity contribution in [3.8, 4) is 0 Å². The lowest BCUT2D eigenvalue weighted by Crippen LogP contribution is -2.36. The maximum atomic E-state index is 6.25. The van der Waals surface area contributed by atoms with Crippen molar-refractivity contribution in [2.45, 2.75) is 104 Å². The summed E-state index contributed by atoms with van der Waals surface area (Å²) in [6.07, 6.45) is 14.6. The Balaban J connectivity index is 3.47. The van der Waals surface area contributed by atoms with E-state index in [1.165, 1.54) is 51.4 Å². The summed E-state index contributed by atoms with van der Waals surface area (Å²) in [5.41, 5.74) is 6.25. The van der Waals surface area contributed by atoms with Gasteiger partial charge in [-0.15, -0.1) is 0 Å². The van der Waals surface area contributed by atoms with Gasteiger partial charge in [0, 0.05) is 12.6 Å². The summed E-state index contributed by atoms with van der Waals surface area (Å²) >= 11 is 0. The Morgan fingerprint density at radius 1 is 0.737 bits per heavy atom. The lowest BCUT2D eigenvalue weighted by molar-refractivity contribution is 0.0352. The minimum Gasteiger partial charge on any atom is -0.377 e. The Bertz CT molecular complexity index is 167. The third-order valence-corrected chi connectivity index (χ3v) is 3.82. The van der Waals surface area contributed by atoms with Crippen LogP contribution in [0, 0.1) is 0 Å². The van der Waals surface area contributed by atoms with Crippen LogP contribution in [0.2, 0.25) is 0 Å². The summed E-state index contributed by atoms with van der Waals surface area (Å²) in [6, 6.07) is 0.236. The smallest absolute Gasteiger partial charge is 0.0725 e. The van der Waals surface area contributed by atoms with Gasteiger partial charge in [0.25, 0.3) is 0 Å². The Kier molecular flexibility index (Phi) is 14.3. The molecule has 0 saturated carbocycles. The summed E-state index contributed by atoms with van der Waals surface area (Å²) in [5, 5.41) is 0. The van der Waals surface area contributed by atoms with E-state index in [0.717, 1.165) is 25.9 Å². The number of hydrogen-bond acceptors (Lipinski definition) is 2. The van der Waals surface area contributed by atoms with Gasteiger partial charge in [-0.1, -0.05) is 71.6 Å². The zero-order valence-electron chi connectivity index (χ0n) is 13.6. The third kappa shape index (κ3) is 11.4. The van der Waals surface area contributed by atoms with Crippen molar-refractivity contribution in [1.29, 1.82) is 0 Å². The highest BCUT2D eigenvalue weighted by Crippen LogP contribution is 2.14. The quantitative estimate of drug-likeness (QED) is 0.449. The molecule has 2 atom stereocenters.